The standard InChI is InChI=1S/C16H20N2O3S/c1-5-17-16-18(6-2)15(19)14(22-16)10-11-9-12(20-3)7-8-13(11)21-4/h7-10H,5-6H2,1-4H3/b14-10-,17-16?. The van der Waals surface area contributed by atoms with Gasteiger partial charge in [-0.1, -0.05) is 0 Å². The van der Waals surface area contributed by atoms with Crippen molar-refractivity contribution in [2.24, 2.45) is 4.99 Å². The van der Waals surface area contributed by atoms with Crippen LogP contribution in [0.5, 0.6) is 11.5 Å². The maximum atomic E-state index is 12.5. The minimum Gasteiger partial charge on any atom is -0.497 e. The molecule has 0 atom stereocenters. The average molecular weight is 320 g/mol. The highest BCUT2D eigenvalue weighted by Crippen LogP contribution is 2.35. The summed E-state index contributed by atoms with van der Waals surface area (Å²) in [6, 6.07) is 5.51. The normalized spacial score (nSPS) is 18.4. The van der Waals surface area contributed by atoms with Crippen molar-refractivity contribution in [2.45, 2.75) is 13.8 Å². The molecule has 0 N–H and O–H groups in total. The number of amidine groups is 1. The van der Waals surface area contributed by atoms with Crippen LogP contribution in [0, 0.1) is 0 Å². The van der Waals surface area contributed by atoms with Crippen molar-refractivity contribution in [1.82, 2.24) is 4.90 Å². The van der Waals surface area contributed by atoms with E-state index in [-0.39, 0.29) is 5.91 Å². The Morgan fingerprint density at radius 3 is 2.64 bits per heavy atom. The van der Waals surface area contributed by atoms with E-state index < -0.39 is 0 Å². The highest BCUT2D eigenvalue weighted by atomic mass is 32.2. The van der Waals surface area contributed by atoms with Crippen LogP contribution < -0.4 is 9.47 Å². The number of amides is 1. The quantitative estimate of drug-likeness (QED) is 0.783. The summed E-state index contributed by atoms with van der Waals surface area (Å²) in [5.74, 6) is 1.40. The lowest BCUT2D eigenvalue weighted by molar-refractivity contribution is -0.122. The van der Waals surface area contributed by atoms with Gasteiger partial charge in [-0.3, -0.25) is 14.7 Å². The van der Waals surface area contributed by atoms with E-state index >= 15 is 0 Å². The van der Waals surface area contributed by atoms with Gasteiger partial charge in [-0.2, -0.15) is 0 Å². The molecule has 1 heterocycles. The molecule has 1 aliphatic rings. The van der Waals surface area contributed by atoms with Gasteiger partial charge in [0.15, 0.2) is 5.17 Å². The molecule has 0 saturated carbocycles. The first-order chi connectivity index (χ1) is 10.6. The molecule has 0 spiro atoms. The summed E-state index contributed by atoms with van der Waals surface area (Å²) in [6.07, 6.45) is 1.83. The average Bonchev–Trinajstić information content (AvgIpc) is 2.82. The molecular formula is C16H20N2O3S. The molecule has 0 aromatic heterocycles. The molecule has 0 aliphatic carbocycles. The number of aliphatic imine (C=N–C) groups is 1. The molecule has 0 bridgehead atoms. The molecule has 1 amide bonds. The first-order valence-corrected chi connectivity index (χ1v) is 7.94. The number of thioether (sulfide) groups is 1. The van der Waals surface area contributed by atoms with E-state index in [1.165, 1.54) is 11.8 Å². The molecule has 0 radical (unpaired) electrons. The predicted molar refractivity (Wildman–Crippen MR) is 90.5 cm³/mol. The lowest BCUT2D eigenvalue weighted by atomic mass is 10.1. The van der Waals surface area contributed by atoms with Crippen molar-refractivity contribution in [2.75, 3.05) is 27.3 Å². The summed E-state index contributed by atoms with van der Waals surface area (Å²) in [7, 11) is 3.22. The predicted octanol–water partition coefficient (Wildman–Crippen LogP) is 3.02. The van der Waals surface area contributed by atoms with Gasteiger partial charge in [-0.05, 0) is 49.9 Å². The first-order valence-electron chi connectivity index (χ1n) is 7.12. The van der Waals surface area contributed by atoms with Crippen molar-refractivity contribution in [3.8, 4) is 11.5 Å². The molecule has 22 heavy (non-hydrogen) atoms. The van der Waals surface area contributed by atoms with Crippen LogP contribution in [0.2, 0.25) is 0 Å². The van der Waals surface area contributed by atoms with E-state index in [0.29, 0.717) is 23.7 Å². The minimum absolute atomic E-state index is 0.0235. The van der Waals surface area contributed by atoms with Crippen LogP contribution in [0.25, 0.3) is 6.08 Å². The van der Waals surface area contributed by atoms with Crippen LogP contribution in [0.15, 0.2) is 28.1 Å². The highest BCUT2D eigenvalue weighted by molar-refractivity contribution is 8.18. The molecule has 1 aromatic carbocycles. The lowest BCUT2D eigenvalue weighted by Crippen LogP contribution is -2.28. The number of methoxy groups -OCH3 is 2. The monoisotopic (exact) mass is 320 g/mol. The van der Waals surface area contributed by atoms with Gasteiger partial charge >= 0.3 is 0 Å². The Bertz CT molecular complexity index is 626. The fourth-order valence-electron chi connectivity index (χ4n) is 2.13. The number of carbonyl (C=O) groups excluding carboxylic acids is 1. The van der Waals surface area contributed by atoms with Crippen molar-refractivity contribution in [1.29, 1.82) is 0 Å². The molecule has 0 unspecified atom stereocenters. The maximum Gasteiger partial charge on any atom is 0.266 e. The van der Waals surface area contributed by atoms with Crippen LogP contribution in [-0.4, -0.2) is 43.3 Å². The Morgan fingerprint density at radius 2 is 2.05 bits per heavy atom. The van der Waals surface area contributed by atoms with Gasteiger partial charge in [-0.25, -0.2) is 0 Å². The Labute approximate surface area is 135 Å². The molecule has 5 nitrogen and oxygen atoms in total. The summed E-state index contributed by atoms with van der Waals surface area (Å²) in [6.45, 7) is 5.16. The van der Waals surface area contributed by atoms with Crippen molar-refractivity contribution < 1.29 is 14.3 Å². The topological polar surface area (TPSA) is 51.1 Å². The van der Waals surface area contributed by atoms with Crippen molar-refractivity contribution in [3.05, 3.63) is 28.7 Å². The molecule has 1 aliphatic heterocycles. The smallest absolute Gasteiger partial charge is 0.266 e. The second-order valence-corrected chi connectivity index (χ2v) is 5.53. The Balaban J connectivity index is 2.41. The van der Waals surface area contributed by atoms with Crippen LogP contribution in [0.3, 0.4) is 0 Å². The van der Waals surface area contributed by atoms with E-state index in [0.717, 1.165) is 16.5 Å². The third kappa shape index (κ3) is 3.27. The number of likely N-dealkylation sites (N-methyl/N-ethyl adjacent to an activating group) is 1. The van der Waals surface area contributed by atoms with Gasteiger partial charge < -0.3 is 9.47 Å². The summed E-state index contributed by atoms with van der Waals surface area (Å²) >= 11 is 1.39. The second kappa shape index (κ2) is 7.35. The molecule has 118 valence electrons. The number of hydrogen-bond acceptors (Lipinski definition) is 5. The first kappa shape index (κ1) is 16.4. The van der Waals surface area contributed by atoms with Gasteiger partial charge in [0.25, 0.3) is 5.91 Å². The van der Waals surface area contributed by atoms with Gasteiger partial charge in [0.2, 0.25) is 0 Å². The fourth-order valence-corrected chi connectivity index (χ4v) is 3.23. The molecule has 1 saturated heterocycles. The highest BCUT2D eigenvalue weighted by Gasteiger charge is 2.32. The Hall–Kier alpha value is -1.95. The molecule has 1 fully saturated rings. The molecule has 2 rings (SSSR count). The molecule has 6 heteroatoms. The van der Waals surface area contributed by atoms with E-state index in [1.54, 1.807) is 19.1 Å². The van der Waals surface area contributed by atoms with Gasteiger partial charge in [0.1, 0.15) is 11.5 Å². The zero-order valence-electron chi connectivity index (χ0n) is 13.3. The number of benzene rings is 1. The van der Waals surface area contributed by atoms with E-state index in [1.807, 2.05) is 38.1 Å². The summed E-state index contributed by atoms with van der Waals surface area (Å²) < 4.78 is 10.6. The van der Waals surface area contributed by atoms with Gasteiger partial charge in [-0.15, -0.1) is 0 Å². The molecule has 1 aromatic rings. The van der Waals surface area contributed by atoms with Gasteiger partial charge in [0, 0.05) is 18.7 Å². The van der Waals surface area contributed by atoms with Crippen LogP contribution in [-0.2, 0) is 4.79 Å². The summed E-state index contributed by atoms with van der Waals surface area (Å²) in [5, 5.41) is 0.753. The Kier molecular flexibility index (Phi) is 5.49. The maximum absolute atomic E-state index is 12.5. The van der Waals surface area contributed by atoms with Crippen molar-refractivity contribution in [3.63, 3.8) is 0 Å². The van der Waals surface area contributed by atoms with Crippen LogP contribution in [0.1, 0.15) is 19.4 Å². The Morgan fingerprint density at radius 1 is 1.27 bits per heavy atom. The third-order valence-corrected chi connectivity index (χ3v) is 4.27. The number of nitrogens with zero attached hydrogens (tertiary/aromatic N) is 2. The van der Waals surface area contributed by atoms with Crippen molar-refractivity contribution >= 4 is 28.9 Å². The second-order valence-electron chi connectivity index (χ2n) is 4.52. The summed E-state index contributed by atoms with van der Waals surface area (Å²) in [4.78, 5) is 19.2. The molecular weight excluding hydrogens is 300 g/mol. The van der Waals surface area contributed by atoms with Crippen LogP contribution >= 0.6 is 11.8 Å². The largest absolute Gasteiger partial charge is 0.497 e. The number of hydrogen-bond donors (Lipinski definition) is 0. The van der Waals surface area contributed by atoms with E-state index in [2.05, 4.69) is 4.99 Å². The zero-order chi connectivity index (χ0) is 16.1. The number of ether oxygens (including phenoxy) is 2. The van der Waals surface area contributed by atoms with E-state index in [9.17, 15) is 4.79 Å². The number of rotatable bonds is 5. The van der Waals surface area contributed by atoms with Gasteiger partial charge in [0.05, 0.1) is 19.1 Å². The third-order valence-electron chi connectivity index (χ3n) is 3.22. The van der Waals surface area contributed by atoms with Crippen LogP contribution in [0.4, 0.5) is 0 Å². The fraction of sp³-hybridized carbons (Fsp3) is 0.375. The summed E-state index contributed by atoms with van der Waals surface area (Å²) in [5.41, 5.74) is 0.812. The number of carbonyl (C=O) groups is 1. The minimum atomic E-state index is -0.0235. The van der Waals surface area contributed by atoms with E-state index in [4.69, 9.17) is 9.47 Å². The lowest BCUT2D eigenvalue weighted by Gasteiger charge is -2.11. The SMILES string of the molecule is CCN=C1S/C(=C\c2cc(OC)ccc2OC)C(=O)N1CC. The zero-order valence-corrected chi connectivity index (χ0v) is 14.1.